The molecule has 0 heterocycles. The number of benzene rings is 1. The molecular formula is C12H15FO. The summed E-state index contributed by atoms with van der Waals surface area (Å²) in [6.07, 6.45) is 2.19. The second-order valence-corrected chi connectivity index (χ2v) is 4.57. The highest BCUT2D eigenvalue weighted by atomic mass is 19.1. The number of rotatable bonds is 2. The predicted molar refractivity (Wildman–Crippen MR) is 53.6 cm³/mol. The molecule has 0 amide bonds. The Morgan fingerprint density at radius 1 is 1.36 bits per heavy atom. The zero-order chi connectivity index (χ0) is 10.3. The van der Waals surface area contributed by atoms with E-state index in [1.807, 2.05) is 6.07 Å². The largest absolute Gasteiger partial charge is 0.386 e. The molecule has 2 heteroatoms. The summed E-state index contributed by atoms with van der Waals surface area (Å²) in [6.45, 7) is 3.33. The first-order valence-electron chi connectivity index (χ1n) is 5.01. The molecule has 1 aromatic rings. The molecule has 0 aromatic heterocycles. The van der Waals surface area contributed by atoms with E-state index in [0.29, 0.717) is 11.5 Å². The predicted octanol–water partition coefficient (Wildman–Crippen LogP) is 2.93. The molecule has 1 N–H and O–H groups in total. The zero-order valence-corrected chi connectivity index (χ0v) is 8.55. The minimum Gasteiger partial charge on any atom is -0.386 e. The van der Waals surface area contributed by atoms with E-state index in [1.54, 1.807) is 19.9 Å². The molecule has 1 aromatic carbocycles. The van der Waals surface area contributed by atoms with Gasteiger partial charge in [0.05, 0.1) is 5.60 Å². The van der Waals surface area contributed by atoms with Gasteiger partial charge in [-0.15, -0.1) is 0 Å². The van der Waals surface area contributed by atoms with Crippen LogP contribution in [0, 0.1) is 5.82 Å². The van der Waals surface area contributed by atoms with Crippen LogP contribution < -0.4 is 0 Å². The van der Waals surface area contributed by atoms with Crippen LogP contribution >= 0.6 is 0 Å². The number of hydrogen-bond donors (Lipinski definition) is 1. The maximum Gasteiger partial charge on any atom is 0.127 e. The fourth-order valence-corrected chi connectivity index (χ4v) is 1.63. The van der Waals surface area contributed by atoms with Crippen LogP contribution in [0.5, 0.6) is 0 Å². The lowest BCUT2D eigenvalue weighted by Crippen LogP contribution is -2.15. The Morgan fingerprint density at radius 3 is 2.43 bits per heavy atom. The normalized spacial score (nSPS) is 17.1. The lowest BCUT2D eigenvalue weighted by molar-refractivity contribution is 0.0782. The Morgan fingerprint density at radius 2 is 2.00 bits per heavy atom. The SMILES string of the molecule is CC(C)(O)c1ccc(C2CC2)c(F)c1. The van der Waals surface area contributed by atoms with E-state index in [0.717, 1.165) is 18.4 Å². The molecule has 0 atom stereocenters. The lowest BCUT2D eigenvalue weighted by Gasteiger charge is -2.18. The van der Waals surface area contributed by atoms with E-state index in [4.69, 9.17) is 0 Å². The van der Waals surface area contributed by atoms with Crippen molar-refractivity contribution in [3.05, 3.63) is 35.1 Å². The molecule has 0 bridgehead atoms. The summed E-state index contributed by atoms with van der Waals surface area (Å²) >= 11 is 0. The quantitative estimate of drug-likeness (QED) is 0.767. The number of aliphatic hydroxyl groups is 1. The first kappa shape index (κ1) is 9.66. The summed E-state index contributed by atoms with van der Waals surface area (Å²) in [4.78, 5) is 0. The summed E-state index contributed by atoms with van der Waals surface area (Å²) in [5, 5.41) is 9.69. The Balaban J connectivity index is 2.35. The molecule has 1 fully saturated rings. The van der Waals surface area contributed by atoms with Crippen LogP contribution in [0.3, 0.4) is 0 Å². The van der Waals surface area contributed by atoms with Gasteiger partial charge in [-0.2, -0.15) is 0 Å². The van der Waals surface area contributed by atoms with Gasteiger partial charge in [0.25, 0.3) is 0 Å². The van der Waals surface area contributed by atoms with E-state index >= 15 is 0 Å². The van der Waals surface area contributed by atoms with Crippen LogP contribution in [0.2, 0.25) is 0 Å². The average Bonchev–Trinajstić information content (AvgIpc) is 2.85. The molecule has 14 heavy (non-hydrogen) atoms. The first-order chi connectivity index (χ1) is 6.48. The maximum absolute atomic E-state index is 13.6. The first-order valence-corrected chi connectivity index (χ1v) is 5.01. The van der Waals surface area contributed by atoms with Gasteiger partial charge in [-0.25, -0.2) is 4.39 Å². The standard InChI is InChI=1S/C12H15FO/c1-12(2,14)9-5-6-10(8-3-4-8)11(13)7-9/h5-8,14H,3-4H2,1-2H3. The van der Waals surface area contributed by atoms with Gasteiger partial charge < -0.3 is 5.11 Å². The van der Waals surface area contributed by atoms with Crippen LogP contribution in [0.15, 0.2) is 18.2 Å². The van der Waals surface area contributed by atoms with E-state index in [-0.39, 0.29) is 5.82 Å². The summed E-state index contributed by atoms with van der Waals surface area (Å²) in [5.74, 6) is 0.248. The van der Waals surface area contributed by atoms with Gasteiger partial charge in [0.2, 0.25) is 0 Å². The van der Waals surface area contributed by atoms with Crippen molar-refractivity contribution >= 4 is 0 Å². The van der Waals surface area contributed by atoms with Crippen LogP contribution in [-0.2, 0) is 5.60 Å². The second kappa shape index (κ2) is 3.06. The molecule has 76 valence electrons. The van der Waals surface area contributed by atoms with Crippen molar-refractivity contribution in [3.8, 4) is 0 Å². The molecular weight excluding hydrogens is 179 g/mol. The summed E-state index contributed by atoms with van der Waals surface area (Å²) in [5.41, 5.74) is 0.487. The van der Waals surface area contributed by atoms with Crippen molar-refractivity contribution in [2.24, 2.45) is 0 Å². The third kappa shape index (κ3) is 1.80. The van der Waals surface area contributed by atoms with Crippen molar-refractivity contribution in [1.29, 1.82) is 0 Å². The molecule has 2 rings (SSSR count). The number of halogens is 1. The summed E-state index contributed by atoms with van der Waals surface area (Å²) in [6, 6.07) is 5.07. The Labute approximate surface area is 83.6 Å². The fraction of sp³-hybridized carbons (Fsp3) is 0.500. The highest BCUT2D eigenvalue weighted by Crippen LogP contribution is 2.41. The van der Waals surface area contributed by atoms with Gasteiger partial charge in [0, 0.05) is 0 Å². The van der Waals surface area contributed by atoms with E-state index in [9.17, 15) is 9.50 Å². The Kier molecular flexibility index (Phi) is 2.11. The smallest absolute Gasteiger partial charge is 0.127 e. The zero-order valence-electron chi connectivity index (χ0n) is 8.55. The van der Waals surface area contributed by atoms with Gasteiger partial charge in [-0.3, -0.25) is 0 Å². The molecule has 0 saturated heterocycles. The van der Waals surface area contributed by atoms with Gasteiger partial charge in [-0.1, -0.05) is 12.1 Å². The third-order valence-electron chi connectivity index (χ3n) is 2.72. The topological polar surface area (TPSA) is 20.2 Å². The molecule has 1 aliphatic carbocycles. The molecule has 0 spiro atoms. The van der Waals surface area contributed by atoms with Crippen LogP contribution in [0.1, 0.15) is 43.7 Å². The second-order valence-electron chi connectivity index (χ2n) is 4.57. The van der Waals surface area contributed by atoms with Crippen molar-refractivity contribution in [2.75, 3.05) is 0 Å². The third-order valence-corrected chi connectivity index (χ3v) is 2.72. The average molecular weight is 194 g/mol. The molecule has 0 radical (unpaired) electrons. The van der Waals surface area contributed by atoms with Gasteiger partial charge in [0.15, 0.2) is 0 Å². The van der Waals surface area contributed by atoms with Gasteiger partial charge >= 0.3 is 0 Å². The van der Waals surface area contributed by atoms with Gasteiger partial charge in [-0.05, 0) is 49.8 Å². The van der Waals surface area contributed by atoms with Crippen molar-refractivity contribution in [2.45, 2.75) is 38.2 Å². The van der Waals surface area contributed by atoms with Crippen molar-refractivity contribution in [1.82, 2.24) is 0 Å². The number of hydrogen-bond acceptors (Lipinski definition) is 1. The lowest BCUT2D eigenvalue weighted by atomic mass is 9.96. The minimum atomic E-state index is -0.955. The van der Waals surface area contributed by atoms with Crippen LogP contribution in [0.25, 0.3) is 0 Å². The van der Waals surface area contributed by atoms with Crippen molar-refractivity contribution in [3.63, 3.8) is 0 Å². The molecule has 1 saturated carbocycles. The molecule has 0 unspecified atom stereocenters. The van der Waals surface area contributed by atoms with E-state index in [2.05, 4.69) is 0 Å². The van der Waals surface area contributed by atoms with Gasteiger partial charge in [0.1, 0.15) is 5.82 Å². The van der Waals surface area contributed by atoms with Crippen molar-refractivity contribution < 1.29 is 9.50 Å². The molecule has 0 aliphatic heterocycles. The Hall–Kier alpha value is -0.890. The Bertz CT molecular complexity index is 348. The maximum atomic E-state index is 13.6. The highest BCUT2D eigenvalue weighted by Gasteiger charge is 2.27. The highest BCUT2D eigenvalue weighted by molar-refractivity contribution is 5.32. The molecule has 1 aliphatic rings. The molecule has 1 nitrogen and oxygen atoms in total. The minimum absolute atomic E-state index is 0.174. The van der Waals surface area contributed by atoms with E-state index < -0.39 is 5.60 Å². The monoisotopic (exact) mass is 194 g/mol. The van der Waals surface area contributed by atoms with Crippen LogP contribution in [-0.4, -0.2) is 5.11 Å². The van der Waals surface area contributed by atoms with E-state index in [1.165, 1.54) is 6.07 Å². The fourth-order valence-electron chi connectivity index (χ4n) is 1.63. The summed E-state index contributed by atoms with van der Waals surface area (Å²) < 4.78 is 13.6. The van der Waals surface area contributed by atoms with Crippen LogP contribution in [0.4, 0.5) is 4.39 Å². The summed E-state index contributed by atoms with van der Waals surface area (Å²) in [7, 11) is 0.